The minimum atomic E-state index is -0.436. The summed E-state index contributed by atoms with van der Waals surface area (Å²) >= 11 is 0. The Morgan fingerprint density at radius 3 is 2.43 bits per heavy atom. The van der Waals surface area contributed by atoms with E-state index in [1.807, 2.05) is 43.3 Å². The third kappa shape index (κ3) is 4.60. The number of para-hydroxylation sites is 1. The molecule has 2 aromatic rings. The van der Waals surface area contributed by atoms with Gasteiger partial charge >= 0.3 is 0 Å². The highest BCUT2D eigenvalue weighted by molar-refractivity contribution is 6.01. The average molecular weight is 382 g/mol. The number of benzene rings is 2. The number of hydrogen-bond acceptors (Lipinski definition) is 5. The van der Waals surface area contributed by atoms with E-state index in [1.54, 1.807) is 12.1 Å². The Morgan fingerprint density at radius 2 is 1.82 bits per heavy atom. The van der Waals surface area contributed by atoms with Crippen molar-refractivity contribution in [3.63, 3.8) is 0 Å². The molecule has 1 saturated carbocycles. The van der Waals surface area contributed by atoms with Crippen LogP contribution in [0.1, 0.15) is 41.6 Å². The van der Waals surface area contributed by atoms with Gasteiger partial charge in [0.05, 0.1) is 10.5 Å². The smallest absolute Gasteiger partial charge is 0.293 e. The number of nitro benzene ring substituents is 1. The first-order valence-electron chi connectivity index (χ1n) is 9.54. The quantitative estimate of drug-likeness (QED) is 0.559. The van der Waals surface area contributed by atoms with Crippen molar-refractivity contribution >= 4 is 23.0 Å². The van der Waals surface area contributed by atoms with Crippen LogP contribution >= 0.6 is 0 Å². The van der Waals surface area contributed by atoms with Crippen molar-refractivity contribution in [2.45, 2.75) is 38.3 Å². The Morgan fingerprint density at radius 1 is 1.14 bits per heavy atom. The average Bonchev–Trinajstić information content (AvgIpc) is 3.19. The molecule has 1 aliphatic carbocycles. The van der Waals surface area contributed by atoms with Crippen LogP contribution in [0.3, 0.4) is 0 Å². The number of anilines is 2. The summed E-state index contributed by atoms with van der Waals surface area (Å²) in [5.41, 5.74) is 2.62. The predicted molar refractivity (Wildman–Crippen MR) is 111 cm³/mol. The lowest BCUT2D eigenvalue weighted by atomic mass is 10.1. The minimum absolute atomic E-state index is 0.0603. The molecule has 7 nitrogen and oxygen atoms in total. The van der Waals surface area contributed by atoms with Crippen LogP contribution in [0.15, 0.2) is 42.5 Å². The highest BCUT2D eigenvalue weighted by atomic mass is 16.6. The molecule has 1 aliphatic rings. The molecule has 0 bridgehead atoms. The lowest BCUT2D eigenvalue weighted by Gasteiger charge is -2.17. The normalized spacial score (nSPS) is 13.9. The Balaban J connectivity index is 1.76. The molecule has 148 valence electrons. The highest BCUT2D eigenvalue weighted by Gasteiger charge is 2.25. The molecular weight excluding hydrogens is 356 g/mol. The first kappa shape index (κ1) is 19.7. The highest BCUT2D eigenvalue weighted by Crippen LogP contribution is 2.32. The number of carbonyl (C=O) groups excluding carboxylic acids is 1. The molecule has 0 aliphatic heterocycles. The third-order valence-corrected chi connectivity index (χ3v) is 5.09. The van der Waals surface area contributed by atoms with Gasteiger partial charge in [0.2, 0.25) is 0 Å². The Kier molecular flexibility index (Phi) is 6.13. The van der Waals surface area contributed by atoms with Crippen molar-refractivity contribution in [3.05, 3.63) is 63.7 Å². The lowest BCUT2D eigenvalue weighted by Crippen LogP contribution is -2.26. The molecule has 1 fully saturated rings. The van der Waals surface area contributed by atoms with Crippen molar-refractivity contribution < 1.29 is 9.72 Å². The maximum absolute atomic E-state index is 12.8. The molecular formula is C21H26N4O3. The van der Waals surface area contributed by atoms with E-state index in [9.17, 15) is 14.9 Å². The van der Waals surface area contributed by atoms with E-state index in [4.69, 9.17) is 0 Å². The molecule has 0 saturated heterocycles. The summed E-state index contributed by atoms with van der Waals surface area (Å²) in [4.78, 5) is 25.8. The molecule has 0 unspecified atom stereocenters. The largest absolute Gasteiger partial charge is 0.378 e. The van der Waals surface area contributed by atoms with Crippen LogP contribution in [0.4, 0.5) is 17.1 Å². The fourth-order valence-corrected chi connectivity index (χ4v) is 3.50. The Labute approximate surface area is 164 Å². The van der Waals surface area contributed by atoms with Gasteiger partial charge in [0.15, 0.2) is 0 Å². The third-order valence-electron chi connectivity index (χ3n) is 5.09. The summed E-state index contributed by atoms with van der Waals surface area (Å²) in [6, 6.07) is 12.7. The van der Waals surface area contributed by atoms with Gasteiger partial charge in [0, 0.05) is 38.4 Å². The molecule has 7 heteroatoms. The maximum atomic E-state index is 12.8. The van der Waals surface area contributed by atoms with Crippen LogP contribution in [0.2, 0.25) is 0 Å². The number of rotatable bonds is 7. The summed E-state index contributed by atoms with van der Waals surface area (Å²) in [5.74, 6) is -0.319. The SMILES string of the molecule is CN(C)c1ccc(CNC(=O)c2cccc([N+](=O)[O-])c2NC2CCCC2)cc1. The molecule has 0 aromatic heterocycles. The molecule has 0 heterocycles. The summed E-state index contributed by atoms with van der Waals surface area (Å²) < 4.78 is 0. The predicted octanol–water partition coefficient (Wildman–Crippen LogP) is 3.95. The number of nitrogens with zero attached hydrogens (tertiary/aromatic N) is 2. The number of carbonyl (C=O) groups is 1. The van der Waals surface area contributed by atoms with Gasteiger partial charge in [-0.2, -0.15) is 0 Å². The molecule has 3 rings (SSSR count). The van der Waals surface area contributed by atoms with E-state index in [0.29, 0.717) is 17.8 Å². The molecule has 1 amide bonds. The molecule has 2 N–H and O–H groups in total. The monoisotopic (exact) mass is 382 g/mol. The number of amides is 1. The zero-order valence-corrected chi connectivity index (χ0v) is 16.3. The van der Waals surface area contributed by atoms with Gasteiger partial charge in [-0.1, -0.05) is 31.0 Å². The van der Waals surface area contributed by atoms with Crippen LogP contribution in [0.25, 0.3) is 0 Å². The topological polar surface area (TPSA) is 87.5 Å². The van der Waals surface area contributed by atoms with Crippen LogP contribution in [-0.4, -0.2) is 31.0 Å². The second kappa shape index (κ2) is 8.73. The number of nitro groups is 1. The molecule has 28 heavy (non-hydrogen) atoms. The second-order valence-electron chi connectivity index (χ2n) is 7.33. The van der Waals surface area contributed by atoms with E-state index >= 15 is 0 Å². The Hall–Kier alpha value is -3.09. The molecule has 0 radical (unpaired) electrons. The maximum Gasteiger partial charge on any atom is 0.293 e. The minimum Gasteiger partial charge on any atom is -0.378 e. The van der Waals surface area contributed by atoms with Crippen molar-refractivity contribution in [1.82, 2.24) is 5.32 Å². The fourth-order valence-electron chi connectivity index (χ4n) is 3.50. The van der Waals surface area contributed by atoms with E-state index in [0.717, 1.165) is 36.9 Å². The van der Waals surface area contributed by atoms with Crippen molar-refractivity contribution in [1.29, 1.82) is 0 Å². The summed E-state index contributed by atoms with van der Waals surface area (Å²) in [7, 11) is 3.94. The van der Waals surface area contributed by atoms with E-state index in [-0.39, 0.29) is 17.6 Å². The number of hydrogen-bond donors (Lipinski definition) is 2. The van der Waals surface area contributed by atoms with Crippen LogP contribution in [-0.2, 0) is 6.54 Å². The first-order chi connectivity index (χ1) is 13.5. The lowest BCUT2D eigenvalue weighted by molar-refractivity contribution is -0.384. The summed E-state index contributed by atoms with van der Waals surface area (Å²) in [5, 5.41) is 17.6. The van der Waals surface area contributed by atoms with Crippen LogP contribution < -0.4 is 15.5 Å². The van der Waals surface area contributed by atoms with Crippen LogP contribution in [0.5, 0.6) is 0 Å². The van der Waals surface area contributed by atoms with Crippen molar-refractivity contribution in [2.75, 3.05) is 24.3 Å². The standard InChI is InChI=1S/C21H26N4O3/c1-24(2)17-12-10-15(11-13-17)14-22-21(26)18-8-5-9-19(25(27)28)20(18)23-16-6-3-4-7-16/h5,8-13,16,23H,3-4,6-7,14H2,1-2H3,(H,22,26). The van der Waals surface area contributed by atoms with Gasteiger partial charge in [-0.3, -0.25) is 14.9 Å². The van der Waals surface area contributed by atoms with Gasteiger partial charge in [0.25, 0.3) is 11.6 Å². The Bertz CT molecular complexity index is 843. The van der Waals surface area contributed by atoms with Crippen LogP contribution in [0, 0.1) is 10.1 Å². The fraction of sp³-hybridized carbons (Fsp3) is 0.381. The number of nitrogens with one attached hydrogen (secondary N) is 2. The van der Waals surface area contributed by atoms with Crippen molar-refractivity contribution in [2.24, 2.45) is 0 Å². The zero-order valence-electron chi connectivity index (χ0n) is 16.3. The van der Waals surface area contributed by atoms with Gasteiger partial charge in [-0.05, 0) is 36.6 Å². The molecule has 0 spiro atoms. The van der Waals surface area contributed by atoms with Crippen molar-refractivity contribution in [3.8, 4) is 0 Å². The van der Waals surface area contributed by atoms with E-state index in [2.05, 4.69) is 10.6 Å². The van der Waals surface area contributed by atoms with Gasteiger partial charge in [0.1, 0.15) is 5.69 Å². The van der Waals surface area contributed by atoms with E-state index < -0.39 is 4.92 Å². The second-order valence-corrected chi connectivity index (χ2v) is 7.33. The van der Waals surface area contributed by atoms with Gasteiger partial charge in [-0.25, -0.2) is 0 Å². The summed E-state index contributed by atoms with van der Waals surface area (Å²) in [6.45, 7) is 0.359. The molecule has 0 atom stereocenters. The van der Waals surface area contributed by atoms with Gasteiger partial charge < -0.3 is 15.5 Å². The zero-order chi connectivity index (χ0) is 20.1. The van der Waals surface area contributed by atoms with E-state index in [1.165, 1.54) is 6.07 Å². The summed E-state index contributed by atoms with van der Waals surface area (Å²) in [6.07, 6.45) is 4.13. The molecule has 2 aromatic carbocycles. The first-order valence-corrected chi connectivity index (χ1v) is 9.54. The van der Waals surface area contributed by atoms with Gasteiger partial charge in [-0.15, -0.1) is 0 Å².